The van der Waals surface area contributed by atoms with E-state index in [0.29, 0.717) is 53.9 Å². The molecule has 2 heterocycles. The molecule has 0 saturated carbocycles. The number of primary amides is 1. The Kier molecular flexibility index (Phi) is 5.53. The van der Waals surface area contributed by atoms with Crippen LogP contribution in [-0.2, 0) is 11.3 Å². The fraction of sp³-hybridized carbons (Fsp3) is 0.389. The number of amides is 2. The van der Waals surface area contributed by atoms with Crippen LogP contribution in [0.2, 0.25) is 10.2 Å². The molecular weight excluding hydrogens is 375 g/mol. The molecule has 1 aliphatic heterocycles. The van der Waals surface area contributed by atoms with Gasteiger partial charge < -0.3 is 10.6 Å². The number of aromatic nitrogens is 2. The number of carbonyl (C=O) groups excluding carboxylic acids is 2. The van der Waals surface area contributed by atoms with E-state index in [1.165, 1.54) is 0 Å². The summed E-state index contributed by atoms with van der Waals surface area (Å²) >= 11 is 12.7. The molecule has 0 radical (unpaired) electrons. The SMILES string of the molecule is Cc1nn(Cc2ccccc2Cl)c(Cl)c1C(=O)N1CCC(C(N)=O)CC1. The van der Waals surface area contributed by atoms with Crippen LogP contribution in [0, 0.1) is 12.8 Å². The highest BCUT2D eigenvalue weighted by Gasteiger charge is 2.30. The molecule has 2 aromatic rings. The zero-order chi connectivity index (χ0) is 18.8. The van der Waals surface area contributed by atoms with Crippen LogP contribution >= 0.6 is 23.2 Å². The summed E-state index contributed by atoms with van der Waals surface area (Å²) in [5.74, 6) is -0.640. The topological polar surface area (TPSA) is 81.2 Å². The van der Waals surface area contributed by atoms with Crippen LogP contribution in [0.3, 0.4) is 0 Å². The number of nitrogens with two attached hydrogens (primary N) is 1. The van der Waals surface area contributed by atoms with E-state index in [2.05, 4.69) is 5.10 Å². The molecular formula is C18H20Cl2N4O2. The van der Waals surface area contributed by atoms with Gasteiger partial charge in [-0.05, 0) is 31.4 Å². The molecule has 138 valence electrons. The van der Waals surface area contributed by atoms with Crippen molar-refractivity contribution in [1.29, 1.82) is 0 Å². The number of nitrogens with zero attached hydrogens (tertiary/aromatic N) is 3. The Morgan fingerprint density at radius 2 is 1.88 bits per heavy atom. The third-order valence-corrected chi connectivity index (χ3v) is 5.49. The first-order valence-electron chi connectivity index (χ1n) is 8.43. The van der Waals surface area contributed by atoms with Crippen molar-refractivity contribution in [1.82, 2.24) is 14.7 Å². The molecule has 1 saturated heterocycles. The van der Waals surface area contributed by atoms with Crippen LogP contribution in [0.5, 0.6) is 0 Å². The van der Waals surface area contributed by atoms with Gasteiger partial charge in [-0.25, -0.2) is 4.68 Å². The highest BCUT2D eigenvalue weighted by molar-refractivity contribution is 6.33. The quantitative estimate of drug-likeness (QED) is 0.865. The Labute approximate surface area is 161 Å². The fourth-order valence-corrected chi connectivity index (χ4v) is 3.72. The third kappa shape index (κ3) is 3.71. The second-order valence-corrected chi connectivity index (χ2v) is 7.23. The monoisotopic (exact) mass is 394 g/mol. The van der Waals surface area contributed by atoms with E-state index < -0.39 is 0 Å². The number of piperidine rings is 1. The number of rotatable bonds is 4. The number of hydrogen-bond donors (Lipinski definition) is 1. The van der Waals surface area contributed by atoms with Gasteiger partial charge in [0, 0.05) is 24.0 Å². The predicted molar refractivity (Wildman–Crippen MR) is 100 cm³/mol. The summed E-state index contributed by atoms with van der Waals surface area (Å²) in [5, 5.41) is 5.33. The van der Waals surface area contributed by atoms with Gasteiger partial charge in [0.25, 0.3) is 5.91 Å². The Morgan fingerprint density at radius 1 is 1.23 bits per heavy atom. The van der Waals surface area contributed by atoms with Gasteiger partial charge in [0.15, 0.2) is 0 Å². The molecule has 1 aliphatic rings. The van der Waals surface area contributed by atoms with E-state index in [9.17, 15) is 9.59 Å². The van der Waals surface area contributed by atoms with Gasteiger partial charge in [-0.1, -0.05) is 41.4 Å². The third-order valence-electron chi connectivity index (χ3n) is 4.74. The average molecular weight is 395 g/mol. The van der Waals surface area contributed by atoms with Crippen LogP contribution in [0.1, 0.15) is 34.5 Å². The first-order valence-corrected chi connectivity index (χ1v) is 9.19. The molecule has 1 aromatic heterocycles. The minimum atomic E-state index is -0.307. The first kappa shape index (κ1) is 18.7. The Bertz CT molecular complexity index is 842. The molecule has 0 atom stereocenters. The summed E-state index contributed by atoms with van der Waals surface area (Å²) in [6.45, 7) is 3.12. The van der Waals surface area contributed by atoms with Crippen LogP contribution in [0.4, 0.5) is 0 Å². The minimum Gasteiger partial charge on any atom is -0.369 e. The largest absolute Gasteiger partial charge is 0.369 e. The zero-order valence-corrected chi connectivity index (χ0v) is 15.9. The second kappa shape index (κ2) is 7.68. The molecule has 0 unspecified atom stereocenters. The molecule has 0 bridgehead atoms. The Balaban J connectivity index is 1.79. The molecule has 26 heavy (non-hydrogen) atoms. The van der Waals surface area contributed by atoms with Crippen molar-refractivity contribution in [2.75, 3.05) is 13.1 Å². The number of aryl methyl sites for hydroxylation is 1. The van der Waals surface area contributed by atoms with Crippen LogP contribution in [-0.4, -0.2) is 39.6 Å². The summed E-state index contributed by atoms with van der Waals surface area (Å²) in [4.78, 5) is 25.9. The summed E-state index contributed by atoms with van der Waals surface area (Å²) in [6, 6.07) is 7.44. The standard InChI is InChI=1S/C18H20Cl2N4O2/c1-11-15(18(26)23-8-6-12(7-9-23)17(21)25)16(20)24(22-11)10-13-4-2-3-5-14(13)19/h2-5,12H,6-10H2,1H3,(H2,21,25). The molecule has 8 heteroatoms. The summed E-state index contributed by atoms with van der Waals surface area (Å²) in [5.41, 5.74) is 7.20. The number of likely N-dealkylation sites (tertiary alicyclic amines) is 1. The van der Waals surface area contributed by atoms with Gasteiger partial charge in [0.2, 0.25) is 5.91 Å². The zero-order valence-electron chi connectivity index (χ0n) is 14.4. The van der Waals surface area contributed by atoms with Crippen molar-refractivity contribution in [3.05, 3.63) is 51.3 Å². The smallest absolute Gasteiger partial charge is 0.258 e. The van der Waals surface area contributed by atoms with E-state index in [4.69, 9.17) is 28.9 Å². The maximum absolute atomic E-state index is 12.9. The predicted octanol–water partition coefficient (Wildman–Crippen LogP) is 2.88. The molecule has 1 fully saturated rings. The maximum Gasteiger partial charge on any atom is 0.258 e. The van der Waals surface area contributed by atoms with Gasteiger partial charge in [0.1, 0.15) is 5.15 Å². The highest BCUT2D eigenvalue weighted by atomic mass is 35.5. The summed E-state index contributed by atoms with van der Waals surface area (Å²) in [7, 11) is 0. The lowest BCUT2D eigenvalue weighted by Gasteiger charge is -2.30. The van der Waals surface area contributed by atoms with E-state index in [-0.39, 0.29) is 17.7 Å². The first-order chi connectivity index (χ1) is 12.4. The maximum atomic E-state index is 12.9. The number of carbonyl (C=O) groups is 2. The van der Waals surface area contributed by atoms with E-state index in [1.54, 1.807) is 22.6 Å². The number of benzene rings is 1. The van der Waals surface area contributed by atoms with Crippen LogP contribution in [0.15, 0.2) is 24.3 Å². The summed E-state index contributed by atoms with van der Waals surface area (Å²) in [6.07, 6.45) is 1.15. The fourth-order valence-electron chi connectivity index (χ4n) is 3.21. The molecule has 0 aliphatic carbocycles. The minimum absolute atomic E-state index is 0.166. The van der Waals surface area contributed by atoms with E-state index >= 15 is 0 Å². The Morgan fingerprint density at radius 3 is 2.50 bits per heavy atom. The lowest BCUT2D eigenvalue weighted by Crippen LogP contribution is -2.41. The van der Waals surface area contributed by atoms with Crippen molar-refractivity contribution in [3.8, 4) is 0 Å². The van der Waals surface area contributed by atoms with E-state index in [1.807, 2.05) is 18.2 Å². The molecule has 2 N–H and O–H groups in total. The van der Waals surface area contributed by atoms with Crippen molar-refractivity contribution in [2.24, 2.45) is 11.7 Å². The van der Waals surface area contributed by atoms with Gasteiger partial charge in [0.05, 0.1) is 17.8 Å². The van der Waals surface area contributed by atoms with Gasteiger partial charge in [-0.15, -0.1) is 0 Å². The molecule has 2 amide bonds. The van der Waals surface area contributed by atoms with Gasteiger partial charge in [-0.3, -0.25) is 9.59 Å². The average Bonchev–Trinajstić information content (AvgIpc) is 2.90. The number of halogens is 2. The van der Waals surface area contributed by atoms with Crippen molar-refractivity contribution in [3.63, 3.8) is 0 Å². The lowest BCUT2D eigenvalue weighted by atomic mass is 9.96. The van der Waals surface area contributed by atoms with Gasteiger partial charge >= 0.3 is 0 Å². The van der Waals surface area contributed by atoms with E-state index in [0.717, 1.165) is 5.56 Å². The highest BCUT2D eigenvalue weighted by Crippen LogP contribution is 2.26. The number of hydrogen-bond acceptors (Lipinski definition) is 3. The molecule has 6 nitrogen and oxygen atoms in total. The lowest BCUT2D eigenvalue weighted by molar-refractivity contribution is -0.123. The van der Waals surface area contributed by atoms with Crippen molar-refractivity contribution < 1.29 is 9.59 Å². The van der Waals surface area contributed by atoms with Gasteiger partial charge in [-0.2, -0.15) is 5.10 Å². The summed E-state index contributed by atoms with van der Waals surface area (Å²) < 4.78 is 1.58. The van der Waals surface area contributed by atoms with Crippen LogP contribution < -0.4 is 5.73 Å². The normalized spacial score (nSPS) is 15.3. The molecule has 1 aromatic carbocycles. The van der Waals surface area contributed by atoms with Crippen molar-refractivity contribution in [2.45, 2.75) is 26.3 Å². The second-order valence-electron chi connectivity index (χ2n) is 6.47. The molecule has 3 rings (SSSR count). The van der Waals surface area contributed by atoms with Crippen molar-refractivity contribution >= 4 is 35.0 Å². The Hall–Kier alpha value is -2.05. The van der Waals surface area contributed by atoms with Crippen LogP contribution in [0.25, 0.3) is 0 Å². The molecule has 0 spiro atoms.